The minimum absolute atomic E-state index is 0.0137. The molecule has 1 aliphatic heterocycles. The third-order valence-electron chi connectivity index (χ3n) is 17.9. The molecule has 4 aliphatic rings. The quantitative estimate of drug-likeness (QED) is 0.0167. The van der Waals surface area contributed by atoms with E-state index in [0.717, 1.165) is 25.7 Å². The summed E-state index contributed by atoms with van der Waals surface area (Å²) in [4.78, 5) is 72.5. The van der Waals surface area contributed by atoms with Crippen LogP contribution in [0.3, 0.4) is 0 Å². The Morgan fingerprint density at radius 3 is 1.79 bits per heavy atom. The summed E-state index contributed by atoms with van der Waals surface area (Å²) in [7, 11) is 0. The molecule has 0 radical (unpaired) electrons. The van der Waals surface area contributed by atoms with Gasteiger partial charge in [0.25, 0.3) is 5.91 Å². The number of ketones is 1. The Balaban J connectivity index is 1.15. The van der Waals surface area contributed by atoms with Crippen molar-refractivity contribution in [1.82, 2.24) is 5.32 Å². The number of Topliss-reactive ketones (excluding diaryl/α,β-unsaturated/α-hetero) is 1. The number of fused-ring (bicyclic) bond motifs is 5. The molecule has 2 bridgehead atoms. The van der Waals surface area contributed by atoms with Gasteiger partial charge in [-0.2, -0.15) is 0 Å². The van der Waals surface area contributed by atoms with Gasteiger partial charge in [0.15, 0.2) is 23.8 Å². The van der Waals surface area contributed by atoms with E-state index in [0.29, 0.717) is 17.7 Å². The van der Waals surface area contributed by atoms with Crippen LogP contribution in [0.4, 0.5) is 0 Å². The van der Waals surface area contributed by atoms with Gasteiger partial charge in [-0.15, -0.1) is 0 Å². The second kappa shape index (κ2) is 28.1. The number of hydrogen-bond donors (Lipinski definition) is 4. The normalized spacial score (nSPS) is 27.9. The molecule has 3 fully saturated rings. The molecule has 1 heterocycles. The van der Waals surface area contributed by atoms with Gasteiger partial charge in [-0.3, -0.25) is 14.4 Å². The molecule has 0 spiro atoms. The maximum atomic E-state index is 15.4. The van der Waals surface area contributed by atoms with E-state index in [1.165, 1.54) is 103 Å². The number of nitrogens with one attached hydrogen (secondary N) is 1. The first-order valence-corrected chi connectivity index (χ1v) is 29.6. The highest BCUT2D eigenvalue weighted by Gasteiger charge is 2.78. The van der Waals surface area contributed by atoms with Crippen LogP contribution in [0.5, 0.6) is 0 Å². The van der Waals surface area contributed by atoms with Gasteiger partial charge in [0, 0.05) is 37.4 Å². The van der Waals surface area contributed by atoms with Crippen molar-refractivity contribution < 1.29 is 67.7 Å². The van der Waals surface area contributed by atoms with Crippen molar-refractivity contribution in [2.75, 3.05) is 13.2 Å². The van der Waals surface area contributed by atoms with Gasteiger partial charge in [0.05, 0.1) is 35.6 Å². The summed E-state index contributed by atoms with van der Waals surface area (Å²) in [5, 5.41) is 41.6. The maximum absolute atomic E-state index is 15.4. The smallest absolute Gasteiger partial charge is 0.338 e. The van der Waals surface area contributed by atoms with Crippen molar-refractivity contribution in [3.63, 3.8) is 0 Å². The van der Waals surface area contributed by atoms with Gasteiger partial charge in [-0.05, 0) is 68.2 Å². The number of hydrogen-bond acceptors (Lipinski definition) is 14. The zero-order valence-electron chi connectivity index (χ0n) is 48.3. The summed E-state index contributed by atoms with van der Waals surface area (Å²) in [6, 6.07) is 24.2. The van der Waals surface area contributed by atoms with Crippen LogP contribution >= 0.6 is 0 Å². The zero-order chi connectivity index (χ0) is 57.7. The first-order chi connectivity index (χ1) is 38.3. The largest absolute Gasteiger partial charge is 0.456 e. The highest BCUT2D eigenvalue weighted by atomic mass is 16.7. The second-order valence-electron chi connectivity index (χ2n) is 23.6. The van der Waals surface area contributed by atoms with Crippen molar-refractivity contribution in [3.8, 4) is 0 Å². The molecule has 3 aromatic rings. The predicted octanol–water partition coefficient (Wildman–Crippen LogP) is 10.8. The molecule has 3 aromatic carbocycles. The molecule has 0 aromatic heterocycles. The predicted molar refractivity (Wildman–Crippen MR) is 302 cm³/mol. The van der Waals surface area contributed by atoms with Crippen LogP contribution < -0.4 is 5.32 Å². The van der Waals surface area contributed by atoms with Crippen molar-refractivity contribution in [2.24, 2.45) is 16.7 Å². The van der Waals surface area contributed by atoms with Gasteiger partial charge in [-0.1, -0.05) is 184 Å². The molecule has 7 rings (SSSR count). The van der Waals surface area contributed by atoms with E-state index in [1.54, 1.807) is 107 Å². The van der Waals surface area contributed by atoms with Crippen molar-refractivity contribution in [3.05, 3.63) is 119 Å². The third-order valence-corrected chi connectivity index (χ3v) is 17.9. The molecule has 15 nitrogen and oxygen atoms in total. The van der Waals surface area contributed by atoms with E-state index >= 15 is 9.59 Å². The molecule has 438 valence electrons. The summed E-state index contributed by atoms with van der Waals surface area (Å²) >= 11 is 0. The van der Waals surface area contributed by atoms with Gasteiger partial charge >= 0.3 is 17.9 Å². The van der Waals surface area contributed by atoms with Crippen LogP contribution in [0.15, 0.2) is 102 Å². The number of aliphatic hydroxyl groups is 3. The fraction of sp³-hybridized carbons (Fsp3) is 0.615. The monoisotopic (exact) mass is 1110 g/mol. The number of aliphatic hydroxyl groups excluding tert-OH is 2. The van der Waals surface area contributed by atoms with E-state index < -0.39 is 113 Å². The van der Waals surface area contributed by atoms with E-state index in [-0.39, 0.29) is 29.7 Å². The van der Waals surface area contributed by atoms with Crippen LogP contribution in [0.1, 0.15) is 196 Å². The molecule has 4 N–H and O–H groups in total. The van der Waals surface area contributed by atoms with Crippen LogP contribution in [0.25, 0.3) is 0 Å². The fourth-order valence-corrected chi connectivity index (χ4v) is 13.2. The Kier molecular flexibility index (Phi) is 21.9. The Labute approximate surface area is 473 Å². The Bertz CT molecular complexity index is 2560. The molecule has 15 heteroatoms. The lowest BCUT2D eigenvalue weighted by Gasteiger charge is -2.67. The fourth-order valence-electron chi connectivity index (χ4n) is 13.2. The van der Waals surface area contributed by atoms with E-state index in [2.05, 4.69) is 12.2 Å². The lowest BCUT2D eigenvalue weighted by Crippen LogP contribution is -2.81. The van der Waals surface area contributed by atoms with Crippen molar-refractivity contribution >= 4 is 29.6 Å². The summed E-state index contributed by atoms with van der Waals surface area (Å²) in [6.07, 6.45) is 8.67. The molecular formula is C65H89NO14. The van der Waals surface area contributed by atoms with Gasteiger partial charge in [0.1, 0.15) is 30.0 Å². The van der Waals surface area contributed by atoms with Crippen molar-refractivity contribution in [1.29, 1.82) is 0 Å². The van der Waals surface area contributed by atoms with E-state index in [9.17, 15) is 29.7 Å². The molecule has 80 heavy (non-hydrogen) atoms. The average molecular weight is 1110 g/mol. The summed E-state index contributed by atoms with van der Waals surface area (Å²) in [6.45, 7) is 11.4. The molecule has 3 aliphatic carbocycles. The molecular weight excluding hydrogens is 1020 g/mol. The van der Waals surface area contributed by atoms with Gasteiger partial charge < -0.3 is 49.1 Å². The summed E-state index contributed by atoms with van der Waals surface area (Å²) in [5.41, 5.74) is -6.60. The molecule has 1 unspecified atom stereocenters. The zero-order valence-corrected chi connectivity index (χ0v) is 48.3. The number of amides is 1. The summed E-state index contributed by atoms with van der Waals surface area (Å²) in [5.74, 6) is -5.52. The van der Waals surface area contributed by atoms with Gasteiger partial charge in [0.2, 0.25) is 0 Å². The lowest BCUT2D eigenvalue weighted by atomic mass is 9.44. The third kappa shape index (κ3) is 13.8. The number of benzene rings is 3. The average Bonchev–Trinajstić information content (AvgIpc) is 3.64. The second-order valence-corrected chi connectivity index (χ2v) is 23.6. The van der Waals surface area contributed by atoms with Crippen LogP contribution in [-0.2, 0) is 42.8 Å². The Hall–Kier alpha value is -5.29. The van der Waals surface area contributed by atoms with Gasteiger partial charge in [-0.25, -0.2) is 9.59 Å². The lowest BCUT2D eigenvalue weighted by molar-refractivity contribution is -0.346. The van der Waals surface area contributed by atoms with E-state index in [4.69, 9.17) is 28.4 Å². The highest BCUT2D eigenvalue weighted by molar-refractivity contribution is 5.95. The highest BCUT2D eigenvalue weighted by Crippen LogP contribution is 2.64. The number of ether oxygens (including phenoxy) is 6. The van der Waals surface area contributed by atoms with Crippen LogP contribution in [0.2, 0.25) is 0 Å². The van der Waals surface area contributed by atoms with Crippen LogP contribution in [0, 0.1) is 16.7 Å². The Morgan fingerprint density at radius 1 is 0.738 bits per heavy atom. The molecule has 2 saturated carbocycles. The number of carbonyl (C=O) groups is 5. The molecule has 1 saturated heterocycles. The number of carbonyl (C=O) groups excluding carboxylic acids is 5. The maximum Gasteiger partial charge on any atom is 0.338 e. The van der Waals surface area contributed by atoms with Crippen molar-refractivity contribution in [2.45, 2.75) is 224 Å². The standard InChI is InChI=1S/C65H89NO14/c1-8-9-10-11-12-13-14-15-16-17-18-19-20-21-22-32-39-75-45(4)77-55(53(46-33-26-23-27-34-46)66-59(71)47-35-28-24-29-36-47)61(73)78-49-41-65(74)58(79-60(72)48-37-30-25-31-38-48)56-63(7,57(70)54(69)52(43(49)2)62(65,5)6)50(68)40-51-64(56,42-76-51)80-44(3)67/h23-31,33-38,45,49-51,53-56,58,68-69,74H,8-22,32,39-42H2,1-7H3,(H,66,71)/t45?,49-,50-,51+,53-,54+,55+,56-,58-,63+,64-,65+/m0/s1. The van der Waals surface area contributed by atoms with E-state index in [1.807, 2.05) is 0 Å². The minimum atomic E-state index is -2.35. The Morgan fingerprint density at radius 2 is 1.26 bits per heavy atom. The van der Waals surface area contributed by atoms with Crippen LogP contribution in [-0.4, -0.2) is 112 Å². The molecule has 1 amide bonds. The minimum Gasteiger partial charge on any atom is -0.456 e. The SMILES string of the molecule is CCCCCCCCCCCCCCCCCCOC(C)O[C@@H](C(=O)O[C@H]1C[C@@]2(O)[C@@H](OC(=O)c3ccccc3)[C@@H]3[C@]4(OC(C)=O)CO[C@@H]4C[C@H](O)[C@@]3(C)C(=O)[C@H](O)C(=C1C)C2(C)C)[C@@H](NC(=O)c1ccccc1)c1ccccc1. The first kappa shape index (κ1) is 62.3. The topological polar surface area (TPSA) is 213 Å². The first-order valence-electron chi connectivity index (χ1n) is 29.6. The molecule has 12 atom stereocenters. The summed E-state index contributed by atoms with van der Waals surface area (Å²) < 4.78 is 37.9. The number of unbranched alkanes of at least 4 members (excludes halogenated alkanes) is 15. The number of rotatable bonds is 29. The number of esters is 3.